The number of phenolic OH excluding ortho intramolecular Hbond substituents is 1. The fraction of sp³-hybridized carbons (Fsp3) is 0.348. The number of allylic oxidation sites excluding steroid dienone is 1. The Kier molecular flexibility index (Phi) is 5.56. The summed E-state index contributed by atoms with van der Waals surface area (Å²) >= 11 is 0. The summed E-state index contributed by atoms with van der Waals surface area (Å²) in [5.74, 6) is 1.51. The van der Waals surface area contributed by atoms with Crippen molar-refractivity contribution in [2.24, 2.45) is 0 Å². The molecule has 1 fully saturated rings. The fourth-order valence-electron chi connectivity index (χ4n) is 3.79. The number of hydrogen-bond donors (Lipinski definition) is 1. The number of carbonyl (C=O) groups excluding carboxylic acids is 1. The van der Waals surface area contributed by atoms with E-state index in [0.717, 1.165) is 44.0 Å². The van der Waals surface area contributed by atoms with Crippen LogP contribution in [0.4, 0.5) is 0 Å². The summed E-state index contributed by atoms with van der Waals surface area (Å²) in [5, 5.41) is 10.5. The molecule has 0 radical (unpaired) electrons. The van der Waals surface area contributed by atoms with Crippen molar-refractivity contribution in [2.45, 2.75) is 13.5 Å². The molecule has 0 aromatic heterocycles. The summed E-state index contributed by atoms with van der Waals surface area (Å²) in [6, 6.07) is 10.7. The van der Waals surface area contributed by atoms with Gasteiger partial charge in [-0.2, -0.15) is 0 Å². The van der Waals surface area contributed by atoms with Crippen LogP contribution >= 0.6 is 0 Å². The van der Waals surface area contributed by atoms with E-state index >= 15 is 0 Å². The first-order valence-electron chi connectivity index (χ1n) is 9.97. The number of piperazine rings is 1. The Balaban J connectivity index is 1.57. The first kappa shape index (κ1) is 19.5. The molecular formula is C23H26N2O4. The molecule has 6 nitrogen and oxygen atoms in total. The van der Waals surface area contributed by atoms with Gasteiger partial charge in [0.25, 0.3) is 0 Å². The number of hydrogen-bond acceptors (Lipinski definition) is 6. The standard InChI is InChI=1S/C23H26N2O4/c1-3-24-10-12-25(13-11-24)15-19-20(26)9-8-18-22(27)21(29-23(18)19)14-16-4-6-17(28-2)7-5-16/h4-9,14,26H,3,10-13,15H2,1-2H3/b21-14-. The lowest BCUT2D eigenvalue weighted by atomic mass is 10.0. The van der Waals surface area contributed by atoms with Gasteiger partial charge in [-0.3, -0.25) is 9.69 Å². The molecule has 0 bridgehead atoms. The van der Waals surface area contributed by atoms with Crippen LogP contribution in [0.1, 0.15) is 28.4 Å². The summed E-state index contributed by atoms with van der Waals surface area (Å²) < 4.78 is 11.1. The minimum Gasteiger partial charge on any atom is -0.507 e. The Morgan fingerprint density at radius 1 is 1.07 bits per heavy atom. The van der Waals surface area contributed by atoms with Crippen LogP contribution in [-0.2, 0) is 6.54 Å². The normalized spacial score (nSPS) is 18.7. The van der Waals surface area contributed by atoms with Gasteiger partial charge in [0.05, 0.1) is 18.2 Å². The van der Waals surface area contributed by atoms with Gasteiger partial charge in [-0.25, -0.2) is 0 Å². The number of ether oxygens (including phenoxy) is 2. The third-order valence-corrected chi connectivity index (χ3v) is 5.62. The van der Waals surface area contributed by atoms with E-state index < -0.39 is 0 Å². The van der Waals surface area contributed by atoms with Gasteiger partial charge in [-0.05, 0) is 42.4 Å². The van der Waals surface area contributed by atoms with Crippen LogP contribution in [0.5, 0.6) is 17.2 Å². The molecule has 1 saturated heterocycles. The highest BCUT2D eigenvalue weighted by atomic mass is 16.5. The molecular weight excluding hydrogens is 368 g/mol. The molecule has 0 aliphatic carbocycles. The summed E-state index contributed by atoms with van der Waals surface area (Å²) in [4.78, 5) is 17.5. The van der Waals surface area contributed by atoms with Crippen LogP contribution in [0.2, 0.25) is 0 Å². The lowest BCUT2D eigenvalue weighted by molar-refractivity contribution is 0.101. The van der Waals surface area contributed by atoms with Gasteiger partial charge in [-0.15, -0.1) is 0 Å². The van der Waals surface area contributed by atoms with Gasteiger partial charge in [0.2, 0.25) is 5.78 Å². The van der Waals surface area contributed by atoms with Crippen molar-refractivity contribution in [3.05, 3.63) is 58.8 Å². The van der Waals surface area contributed by atoms with Gasteiger partial charge in [-0.1, -0.05) is 19.1 Å². The van der Waals surface area contributed by atoms with Crippen LogP contribution in [0.25, 0.3) is 6.08 Å². The molecule has 0 unspecified atom stereocenters. The molecule has 2 heterocycles. The van der Waals surface area contributed by atoms with E-state index in [2.05, 4.69) is 16.7 Å². The van der Waals surface area contributed by atoms with Crippen molar-refractivity contribution >= 4 is 11.9 Å². The third kappa shape index (κ3) is 3.99. The molecule has 4 rings (SSSR count). The average Bonchev–Trinajstić information content (AvgIpc) is 3.07. The molecule has 0 spiro atoms. The third-order valence-electron chi connectivity index (χ3n) is 5.62. The number of carbonyl (C=O) groups is 1. The molecule has 2 aromatic rings. The molecule has 0 amide bonds. The molecule has 0 atom stereocenters. The van der Waals surface area contributed by atoms with Crippen molar-refractivity contribution in [1.29, 1.82) is 0 Å². The highest BCUT2D eigenvalue weighted by Gasteiger charge is 2.32. The first-order chi connectivity index (χ1) is 14.1. The number of methoxy groups -OCH3 is 1. The number of fused-ring (bicyclic) bond motifs is 1. The Morgan fingerprint density at radius 2 is 1.76 bits per heavy atom. The zero-order valence-electron chi connectivity index (χ0n) is 16.9. The number of rotatable bonds is 5. The van der Waals surface area contributed by atoms with Gasteiger partial charge >= 0.3 is 0 Å². The van der Waals surface area contributed by atoms with Crippen molar-refractivity contribution in [3.8, 4) is 17.2 Å². The van der Waals surface area contributed by atoms with Gasteiger partial charge in [0.1, 0.15) is 17.2 Å². The van der Waals surface area contributed by atoms with Crippen LogP contribution in [0.15, 0.2) is 42.2 Å². The second-order valence-electron chi connectivity index (χ2n) is 7.36. The van der Waals surface area contributed by atoms with Crippen molar-refractivity contribution in [2.75, 3.05) is 39.8 Å². The number of Topliss-reactive ketones (excluding diaryl/α,β-unsaturated/α-hetero) is 1. The van der Waals surface area contributed by atoms with Gasteiger partial charge in [0.15, 0.2) is 5.76 Å². The fourth-order valence-corrected chi connectivity index (χ4v) is 3.79. The minimum absolute atomic E-state index is 0.159. The second kappa shape index (κ2) is 8.27. The maximum Gasteiger partial charge on any atom is 0.231 e. The number of aromatic hydroxyl groups is 1. The lowest BCUT2D eigenvalue weighted by Crippen LogP contribution is -2.45. The number of phenols is 1. The highest BCUT2D eigenvalue weighted by molar-refractivity contribution is 6.15. The largest absolute Gasteiger partial charge is 0.507 e. The number of nitrogens with zero attached hydrogens (tertiary/aromatic N) is 2. The molecule has 2 aromatic carbocycles. The topological polar surface area (TPSA) is 62.2 Å². The smallest absolute Gasteiger partial charge is 0.231 e. The molecule has 152 valence electrons. The Morgan fingerprint density at radius 3 is 2.41 bits per heavy atom. The molecule has 29 heavy (non-hydrogen) atoms. The molecule has 6 heteroatoms. The molecule has 1 N–H and O–H groups in total. The monoisotopic (exact) mass is 394 g/mol. The van der Waals surface area contributed by atoms with E-state index in [4.69, 9.17) is 9.47 Å². The van der Waals surface area contributed by atoms with Crippen LogP contribution in [-0.4, -0.2) is 60.5 Å². The van der Waals surface area contributed by atoms with Crippen molar-refractivity contribution in [1.82, 2.24) is 9.80 Å². The van der Waals surface area contributed by atoms with Crippen LogP contribution in [0, 0.1) is 0 Å². The Labute approximate surface area is 171 Å². The van der Waals surface area contributed by atoms with Crippen LogP contribution in [0.3, 0.4) is 0 Å². The van der Waals surface area contributed by atoms with Gasteiger partial charge in [0, 0.05) is 32.7 Å². The first-order valence-corrected chi connectivity index (χ1v) is 9.97. The summed E-state index contributed by atoms with van der Waals surface area (Å²) in [7, 11) is 1.61. The Hall–Kier alpha value is -2.83. The van der Waals surface area contributed by atoms with E-state index in [1.807, 2.05) is 24.3 Å². The van der Waals surface area contributed by atoms with E-state index in [-0.39, 0.29) is 17.3 Å². The van der Waals surface area contributed by atoms with E-state index in [9.17, 15) is 9.90 Å². The Bertz CT molecular complexity index is 929. The van der Waals surface area contributed by atoms with Crippen molar-refractivity contribution in [3.63, 3.8) is 0 Å². The number of ketones is 1. The maximum absolute atomic E-state index is 12.8. The summed E-state index contributed by atoms with van der Waals surface area (Å²) in [6.45, 7) is 7.66. The number of likely N-dealkylation sites (N-methyl/N-ethyl adjacent to an activating group) is 1. The zero-order chi connectivity index (χ0) is 20.4. The average molecular weight is 394 g/mol. The summed E-state index contributed by atoms with van der Waals surface area (Å²) in [6.07, 6.45) is 1.72. The zero-order valence-corrected chi connectivity index (χ0v) is 16.9. The molecule has 0 saturated carbocycles. The molecule has 2 aliphatic rings. The highest BCUT2D eigenvalue weighted by Crippen LogP contribution is 2.40. The van der Waals surface area contributed by atoms with Crippen molar-refractivity contribution < 1.29 is 19.4 Å². The van der Waals surface area contributed by atoms with Gasteiger partial charge < -0.3 is 19.5 Å². The van der Waals surface area contributed by atoms with E-state index in [0.29, 0.717) is 23.4 Å². The second-order valence-corrected chi connectivity index (χ2v) is 7.36. The predicted molar refractivity (Wildman–Crippen MR) is 111 cm³/mol. The quantitative estimate of drug-likeness (QED) is 0.786. The maximum atomic E-state index is 12.8. The minimum atomic E-state index is -0.159. The summed E-state index contributed by atoms with van der Waals surface area (Å²) in [5.41, 5.74) is 2.03. The van der Waals surface area contributed by atoms with Crippen LogP contribution < -0.4 is 9.47 Å². The lowest BCUT2D eigenvalue weighted by Gasteiger charge is -2.34. The van der Waals surface area contributed by atoms with E-state index in [1.54, 1.807) is 25.3 Å². The SMILES string of the molecule is CCN1CCN(Cc2c(O)ccc3c2O/C(=C\c2ccc(OC)cc2)C3=O)CC1. The van der Waals surface area contributed by atoms with E-state index in [1.165, 1.54) is 0 Å². The molecule has 2 aliphatic heterocycles. The predicted octanol–water partition coefficient (Wildman–Crippen LogP) is 3.15. The number of benzene rings is 2.